The maximum atomic E-state index is 12.1. The molecular weight excluding hydrogens is 466 g/mol. The number of hydrogen-bond donors (Lipinski definition) is 4. The van der Waals surface area contributed by atoms with Crippen molar-refractivity contribution in [2.75, 3.05) is 18.1 Å². The van der Waals surface area contributed by atoms with Crippen molar-refractivity contribution in [1.82, 2.24) is 15.4 Å². The number of carboxylic acid groups (broad SMARTS) is 2. The van der Waals surface area contributed by atoms with Gasteiger partial charge in [0.05, 0.1) is 17.1 Å². The number of carbonyl (C=O) groups excluding carboxylic acids is 1. The van der Waals surface area contributed by atoms with Crippen molar-refractivity contribution < 1.29 is 33.0 Å². The number of hydrazine groups is 1. The molecule has 0 bridgehead atoms. The van der Waals surface area contributed by atoms with E-state index in [1.54, 1.807) is 11.1 Å². The molecule has 1 aromatic rings. The molecule has 2 atom stereocenters. The molecule has 34 heavy (non-hydrogen) atoms. The van der Waals surface area contributed by atoms with E-state index < -0.39 is 27.3 Å². The molecule has 1 aliphatic heterocycles. The lowest BCUT2D eigenvalue weighted by Gasteiger charge is -2.36. The van der Waals surface area contributed by atoms with E-state index in [-0.39, 0.29) is 22.8 Å². The highest BCUT2D eigenvalue weighted by Gasteiger charge is 2.46. The van der Waals surface area contributed by atoms with Gasteiger partial charge < -0.3 is 15.5 Å². The van der Waals surface area contributed by atoms with Gasteiger partial charge in [-0.15, -0.1) is 0 Å². The van der Waals surface area contributed by atoms with E-state index in [2.05, 4.69) is 21.8 Å². The molecule has 186 valence electrons. The van der Waals surface area contributed by atoms with Crippen LogP contribution in [0.2, 0.25) is 0 Å². The summed E-state index contributed by atoms with van der Waals surface area (Å²) in [5.41, 5.74) is 2.10. The number of sulfone groups is 1. The first kappa shape index (κ1) is 28.7. The maximum absolute atomic E-state index is 12.1. The number of aromatic nitrogens is 1. The van der Waals surface area contributed by atoms with Crippen LogP contribution in [0.15, 0.2) is 35.4 Å². The maximum Gasteiger partial charge on any atom is 0.328 e. The van der Waals surface area contributed by atoms with E-state index in [9.17, 15) is 28.1 Å². The molecule has 0 spiro atoms. The number of Topliss-reactive ketones (excluding diaryl/α,β-unsaturated/α-hetero) is 1. The number of anilines is 1. The Hall–Kier alpha value is -3.34. The van der Waals surface area contributed by atoms with Crippen LogP contribution in [0.5, 0.6) is 0 Å². The van der Waals surface area contributed by atoms with Crippen molar-refractivity contribution in [3.63, 3.8) is 0 Å². The van der Waals surface area contributed by atoms with Crippen LogP contribution in [0, 0.1) is 17.2 Å². The Balaban J connectivity index is 0.000000620. The fraction of sp³-hybridized carbons (Fsp3) is 0.476. The van der Waals surface area contributed by atoms with E-state index >= 15 is 0 Å². The molecule has 12 nitrogen and oxygen atoms in total. The highest BCUT2D eigenvalue weighted by molar-refractivity contribution is 7.90. The van der Waals surface area contributed by atoms with Crippen molar-refractivity contribution in [2.24, 2.45) is 5.92 Å². The molecule has 0 aliphatic carbocycles. The summed E-state index contributed by atoms with van der Waals surface area (Å²) in [7, 11) is -3.30. The Morgan fingerprint density at radius 3 is 2.21 bits per heavy atom. The highest BCUT2D eigenvalue weighted by Crippen LogP contribution is 2.28. The number of ketones is 1. The Morgan fingerprint density at radius 2 is 1.82 bits per heavy atom. The van der Waals surface area contributed by atoms with Gasteiger partial charge in [-0.05, 0) is 37.8 Å². The number of nitriles is 1. The van der Waals surface area contributed by atoms with Gasteiger partial charge >= 0.3 is 11.9 Å². The van der Waals surface area contributed by atoms with Crippen LogP contribution < -0.4 is 10.7 Å². The minimum absolute atomic E-state index is 0.121. The number of rotatable bonds is 9. The summed E-state index contributed by atoms with van der Waals surface area (Å²) in [5.74, 6) is -2.06. The number of nitrogens with zero attached hydrogens (tertiary/aromatic N) is 3. The zero-order chi connectivity index (χ0) is 26.1. The second-order valence-corrected chi connectivity index (χ2v) is 9.96. The van der Waals surface area contributed by atoms with Gasteiger partial charge in [-0.25, -0.2) is 33.4 Å². The van der Waals surface area contributed by atoms with Crippen molar-refractivity contribution in [3.05, 3.63) is 30.5 Å². The van der Waals surface area contributed by atoms with Gasteiger partial charge in [-0.1, -0.05) is 13.8 Å². The van der Waals surface area contributed by atoms with E-state index in [0.717, 1.165) is 12.7 Å². The summed E-state index contributed by atoms with van der Waals surface area (Å²) in [6.07, 6.45) is 4.53. The van der Waals surface area contributed by atoms with E-state index in [0.29, 0.717) is 30.9 Å². The summed E-state index contributed by atoms with van der Waals surface area (Å²) in [6, 6.07) is 5.25. The molecule has 1 aromatic heterocycles. The van der Waals surface area contributed by atoms with Gasteiger partial charge in [-0.3, -0.25) is 4.79 Å². The lowest BCUT2D eigenvalue weighted by Crippen LogP contribution is -2.60. The quantitative estimate of drug-likeness (QED) is 0.282. The first-order valence-corrected chi connectivity index (χ1v) is 12.1. The van der Waals surface area contributed by atoms with Crippen LogP contribution >= 0.6 is 0 Å². The van der Waals surface area contributed by atoms with Crippen LogP contribution in [0.1, 0.15) is 33.6 Å². The third-order valence-corrected chi connectivity index (χ3v) is 6.04. The van der Waals surface area contributed by atoms with Gasteiger partial charge in [-0.2, -0.15) is 5.26 Å². The molecule has 0 radical (unpaired) electrons. The average molecular weight is 496 g/mol. The van der Waals surface area contributed by atoms with E-state index in [1.807, 2.05) is 13.8 Å². The van der Waals surface area contributed by atoms with E-state index in [1.165, 1.54) is 19.2 Å². The van der Waals surface area contributed by atoms with Crippen molar-refractivity contribution in [2.45, 2.75) is 50.2 Å². The number of pyridine rings is 1. The zero-order valence-electron chi connectivity index (χ0n) is 19.3. The first-order chi connectivity index (χ1) is 15.7. The first-order valence-electron chi connectivity index (χ1n) is 10.3. The van der Waals surface area contributed by atoms with Gasteiger partial charge in [0.15, 0.2) is 21.2 Å². The van der Waals surface area contributed by atoms with Crippen LogP contribution in [-0.2, 0) is 24.2 Å². The molecule has 1 aliphatic rings. The molecule has 13 heteroatoms. The lowest BCUT2D eigenvalue weighted by atomic mass is 9.94. The topological polar surface area (TPSA) is 190 Å². The fourth-order valence-electron chi connectivity index (χ4n) is 3.06. The third-order valence-electron chi connectivity index (χ3n) is 4.95. The van der Waals surface area contributed by atoms with Gasteiger partial charge in [0, 0.05) is 31.1 Å². The predicted octanol–water partition coefficient (Wildman–Crippen LogP) is 1.04. The fourth-order valence-corrected chi connectivity index (χ4v) is 3.62. The number of carbonyl (C=O) groups is 3. The SMILES string of the molecule is CC(=O)C1(C#N)CCCN1NC(Nc1ccc(S(C)(=O)=O)cn1)C(C)C.O=C(O)C=CC(=O)O. The summed E-state index contributed by atoms with van der Waals surface area (Å²) in [6.45, 7) is 6.02. The second-order valence-electron chi connectivity index (χ2n) is 7.94. The van der Waals surface area contributed by atoms with Gasteiger partial charge in [0.25, 0.3) is 0 Å². The van der Waals surface area contributed by atoms with Crippen molar-refractivity contribution >= 4 is 33.4 Å². The largest absolute Gasteiger partial charge is 0.478 e. The molecular formula is C21H29N5O7S. The summed E-state index contributed by atoms with van der Waals surface area (Å²) < 4.78 is 23.1. The molecule has 0 saturated carbocycles. The van der Waals surface area contributed by atoms with Crippen LogP contribution in [0.4, 0.5) is 5.82 Å². The van der Waals surface area contributed by atoms with Gasteiger partial charge in [0.1, 0.15) is 5.82 Å². The minimum Gasteiger partial charge on any atom is -0.478 e. The van der Waals surface area contributed by atoms with E-state index in [4.69, 9.17) is 10.2 Å². The standard InChI is InChI=1S/C17H25N5O3S.C4H4O4/c1-12(2)16(20-15-7-6-14(10-19-15)26(4,24)25)21-22-9-5-8-17(22,11-18)13(3)23;5-3(6)1-2-4(7)8/h6-7,10,12,16,21H,5,8-9H2,1-4H3,(H,19,20);1-2H,(H,5,6)(H,7,8). The number of carboxylic acids is 2. The average Bonchev–Trinajstić information content (AvgIpc) is 3.16. The normalized spacial score (nSPS) is 19.2. The van der Waals surface area contributed by atoms with Crippen molar-refractivity contribution in [3.8, 4) is 6.07 Å². The minimum atomic E-state index is -3.30. The van der Waals surface area contributed by atoms with Crippen LogP contribution in [0.3, 0.4) is 0 Å². The van der Waals surface area contributed by atoms with Gasteiger partial charge in [0.2, 0.25) is 0 Å². The summed E-state index contributed by atoms with van der Waals surface area (Å²) in [4.78, 5) is 35.5. The number of aliphatic carboxylic acids is 2. The number of nitrogens with one attached hydrogen (secondary N) is 2. The lowest BCUT2D eigenvalue weighted by molar-refractivity contribution is -0.134. The summed E-state index contributed by atoms with van der Waals surface area (Å²) in [5, 5.41) is 30.1. The monoisotopic (exact) mass is 495 g/mol. The Bertz CT molecular complexity index is 1050. The van der Waals surface area contributed by atoms with Crippen molar-refractivity contribution in [1.29, 1.82) is 5.26 Å². The molecule has 2 unspecified atom stereocenters. The van der Waals surface area contributed by atoms with Crippen LogP contribution in [0.25, 0.3) is 0 Å². The molecule has 1 saturated heterocycles. The van der Waals surface area contributed by atoms with Crippen LogP contribution in [-0.4, -0.2) is 70.9 Å². The molecule has 1 fully saturated rings. The predicted molar refractivity (Wildman–Crippen MR) is 122 cm³/mol. The zero-order valence-corrected chi connectivity index (χ0v) is 20.2. The Kier molecular flexibility index (Phi) is 10.3. The molecule has 4 N–H and O–H groups in total. The molecule has 2 rings (SSSR count). The molecule has 0 amide bonds. The Morgan fingerprint density at radius 1 is 1.24 bits per heavy atom. The third kappa shape index (κ3) is 8.22. The Labute approximate surface area is 198 Å². The molecule has 2 heterocycles. The molecule has 0 aromatic carbocycles. The second kappa shape index (κ2) is 12.2. The smallest absolute Gasteiger partial charge is 0.328 e. The summed E-state index contributed by atoms with van der Waals surface area (Å²) >= 11 is 0. The number of hydrogen-bond acceptors (Lipinski definition) is 10. The highest BCUT2D eigenvalue weighted by atomic mass is 32.2.